The van der Waals surface area contributed by atoms with E-state index in [1.807, 2.05) is 18.2 Å². The molecule has 194 valence electrons. The van der Waals surface area contributed by atoms with E-state index in [2.05, 4.69) is 53.4 Å². The molecule has 0 aliphatic carbocycles. The summed E-state index contributed by atoms with van der Waals surface area (Å²) in [4.78, 5) is 2.54. The maximum absolute atomic E-state index is 9.93. The molecule has 0 amide bonds. The van der Waals surface area contributed by atoms with Crippen molar-refractivity contribution in [1.29, 1.82) is 0 Å². The van der Waals surface area contributed by atoms with E-state index in [0.29, 0.717) is 6.42 Å². The Hall–Kier alpha value is -3.05. The summed E-state index contributed by atoms with van der Waals surface area (Å²) in [6.07, 6.45) is 6.31. The van der Waals surface area contributed by atoms with Crippen LogP contribution in [0.25, 0.3) is 22.1 Å². The highest BCUT2D eigenvalue weighted by atomic mass is 35.5. The van der Waals surface area contributed by atoms with Crippen LogP contribution >= 0.6 is 12.4 Å². The van der Waals surface area contributed by atoms with Gasteiger partial charge in [0, 0.05) is 25.0 Å². The highest BCUT2D eigenvalue weighted by Gasteiger charge is 2.16. The molecule has 0 saturated carbocycles. The number of allylic oxidation sites excluding steroid dienone is 1. The molecule has 1 aliphatic heterocycles. The minimum atomic E-state index is 0. The van der Waals surface area contributed by atoms with Gasteiger partial charge in [-0.15, -0.1) is 12.4 Å². The maximum Gasteiger partial charge on any atom is 0.134 e. The van der Waals surface area contributed by atoms with Crippen LogP contribution in [0.4, 0.5) is 0 Å². The first-order valence-electron chi connectivity index (χ1n) is 13.2. The molecule has 5 heteroatoms. The second-order valence-corrected chi connectivity index (χ2v) is 9.71. The molecule has 1 saturated heterocycles. The first-order chi connectivity index (χ1) is 17.7. The predicted molar refractivity (Wildman–Crippen MR) is 154 cm³/mol. The third kappa shape index (κ3) is 6.64. The number of rotatable bonds is 9. The van der Waals surface area contributed by atoms with Crippen LogP contribution in [-0.2, 0) is 6.42 Å². The lowest BCUT2D eigenvalue weighted by Gasteiger charge is -2.25. The summed E-state index contributed by atoms with van der Waals surface area (Å²) in [6.45, 7) is 3.58. The number of aromatic hydroxyl groups is 1. The van der Waals surface area contributed by atoms with E-state index in [1.54, 1.807) is 12.1 Å². The fourth-order valence-corrected chi connectivity index (χ4v) is 5.28. The first kappa shape index (κ1) is 27.0. The Kier molecular flexibility index (Phi) is 9.45. The van der Waals surface area contributed by atoms with E-state index >= 15 is 0 Å². The third-order valence-corrected chi connectivity index (χ3v) is 7.14. The van der Waals surface area contributed by atoms with Gasteiger partial charge in [0.15, 0.2) is 0 Å². The van der Waals surface area contributed by atoms with E-state index in [9.17, 15) is 10.2 Å². The second-order valence-electron chi connectivity index (χ2n) is 9.71. The zero-order valence-electron chi connectivity index (χ0n) is 21.2. The summed E-state index contributed by atoms with van der Waals surface area (Å²) in [5.74, 6) is 1.28. The third-order valence-electron chi connectivity index (χ3n) is 7.14. The monoisotopic (exact) mass is 517 g/mol. The van der Waals surface area contributed by atoms with Crippen LogP contribution < -0.4 is 0 Å². The van der Waals surface area contributed by atoms with E-state index in [1.165, 1.54) is 37.9 Å². The van der Waals surface area contributed by atoms with Gasteiger partial charge in [-0.1, -0.05) is 55.0 Å². The number of furan rings is 1. The lowest BCUT2D eigenvalue weighted by Crippen LogP contribution is -2.31. The molecule has 0 atom stereocenters. The van der Waals surface area contributed by atoms with Gasteiger partial charge in [0.1, 0.15) is 17.1 Å². The van der Waals surface area contributed by atoms with E-state index < -0.39 is 0 Å². The Morgan fingerprint density at radius 1 is 0.811 bits per heavy atom. The number of phenols is 1. The molecule has 3 aromatic carbocycles. The average molecular weight is 518 g/mol. The number of hydrogen-bond acceptors (Lipinski definition) is 4. The van der Waals surface area contributed by atoms with Gasteiger partial charge in [0.2, 0.25) is 0 Å². The van der Waals surface area contributed by atoms with Gasteiger partial charge in [0.05, 0.1) is 0 Å². The summed E-state index contributed by atoms with van der Waals surface area (Å²) in [7, 11) is 0. The Labute approximate surface area is 225 Å². The number of aliphatic hydroxyl groups excluding tert-OH is 1. The number of nitrogens with zero attached hydrogens (tertiary/aromatic N) is 1. The molecule has 0 bridgehead atoms. The molecule has 0 spiro atoms. The zero-order chi connectivity index (χ0) is 24.7. The Bertz CT molecular complexity index is 1310. The molecular weight excluding hydrogens is 482 g/mol. The average Bonchev–Trinajstić information content (AvgIpc) is 3.34. The van der Waals surface area contributed by atoms with E-state index in [4.69, 9.17) is 4.42 Å². The maximum atomic E-state index is 9.93. The van der Waals surface area contributed by atoms with E-state index in [0.717, 1.165) is 58.4 Å². The lowest BCUT2D eigenvalue weighted by atomic mass is 9.87. The minimum Gasteiger partial charge on any atom is -0.508 e. The van der Waals surface area contributed by atoms with Crippen molar-refractivity contribution >= 4 is 34.5 Å². The summed E-state index contributed by atoms with van der Waals surface area (Å²) in [6, 6.07) is 26.4. The van der Waals surface area contributed by atoms with Crippen LogP contribution in [0.5, 0.6) is 5.75 Å². The van der Waals surface area contributed by atoms with Crippen LogP contribution in [-0.4, -0.2) is 41.4 Å². The number of hydrogen-bond donors (Lipinski definition) is 2. The molecule has 1 fully saturated rings. The number of aliphatic hydroxyl groups is 1. The lowest BCUT2D eigenvalue weighted by molar-refractivity contribution is 0.227. The van der Waals surface area contributed by atoms with Gasteiger partial charge < -0.3 is 19.5 Å². The summed E-state index contributed by atoms with van der Waals surface area (Å²) < 4.78 is 6.22. The van der Waals surface area contributed by atoms with Crippen molar-refractivity contribution in [1.82, 2.24) is 4.90 Å². The predicted octanol–water partition coefficient (Wildman–Crippen LogP) is 7.32. The number of benzene rings is 3. The fraction of sp³-hybridized carbons (Fsp3) is 0.312. The zero-order valence-corrected chi connectivity index (χ0v) is 22.1. The van der Waals surface area contributed by atoms with Crippen LogP contribution in [0.2, 0.25) is 0 Å². The highest BCUT2D eigenvalue weighted by molar-refractivity contribution is 6.00. The van der Waals surface area contributed by atoms with Gasteiger partial charge in [-0.05, 0) is 96.9 Å². The molecule has 4 nitrogen and oxygen atoms in total. The van der Waals surface area contributed by atoms with Crippen molar-refractivity contribution in [2.75, 3.05) is 26.2 Å². The number of phenolic OH excluding ortho intramolecular Hbond substituents is 1. The minimum absolute atomic E-state index is 0. The Morgan fingerprint density at radius 2 is 1.54 bits per heavy atom. The smallest absolute Gasteiger partial charge is 0.134 e. The molecule has 4 aromatic rings. The second kappa shape index (κ2) is 13.0. The Balaban J connectivity index is 0.00000320. The van der Waals surface area contributed by atoms with Crippen LogP contribution in [0.15, 0.2) is 83.3 Å². The standard InChI is InChI=1S/C32H35NO3.ClH/c34-21-7-10-30(24-8-3-1-4-9-24)32(25-11-14-28(35)15-12-25)26-13-16-31-27(22-26)23-29(36-31)17-20-33-18-5-2-6-19-33;/h1,3-4,8-9,11-16,22-23,34-35H,2,5-7,10,17-21H2;1H/b32-30-;. The van der Waals surface area contributed by atoms with Gasteiger partial charge in [-0.2, -0.15) is 0 Å². The van der Waals surface area contributed by atoms with Crippen molar-refractivity contribution in [3.8, 4) is 5.75 Å². The molecule has 1 aliphatic rings. The van der Waals surface area contributed by atoms with Crippen molar-refractivity contribution in [3.63, 3.8) is 0 Å². The van der Waals surface area contributed by atoms with Gasteiger partial charge >= 0.3 is 0 Å². The SMILES string of the molecule is Cl.OCCC/C(=C(\c1ccc(O)cc1)c1ccc2oc(CCN3CCCCC3)cc2c1)c1ccccc1. The van der Waals surface area contributed by atoms with E-state index in [-0.39, 0.29) is 24.8 Å². The molecular formula is C32H36ClNO3. The topological polar surface area (TPSA) is 56.8 Å². The molecule has 5 rings (SSSR count). The van der Waals surface area contributed by atoms with Gasteiger partial charge in [-0.3, -0.25) is 0 Å². The first-order valence-corrected chi connectivity index (χ1v) is 13.2. The van der Waals surface area contributed by atoms with Crippen molar-refractivity contribution in [3.05, 3.63) is 101 Å². The molecule has 2 N–H and O–H groups in total. The molecule has 1 aromatic heterocycles. The van der Waals surface area contributed by atoms with Crippen molar-refractivity contribution < 1.29 is 14.6 Å². The normalized spacial score (nSPS) is 14.8. The molecule has 37 heavy (non-hydrogen) atoms. The molecule has 0 unspecified atom stereocenters. The molecule has 0 radical (unpaired) electrons. The van der Waals surface area contributed by atoms with Crippen molar-refractivity contribution in [2.45, 2.75) is 38.5 Å². The number of piperidine rings is 1. The highest BCUT2D eigenvalue weighted by Crippen LogP contribution is 2.37. The van der Waals surface area contributed by atoms with Crippen LogP contribution in [0.1, 0.15) is 54.6 Å². The summed E-state index contributed by atoms with van der Waals surface area (Å²) in [5.41, 5.74) is 6.50. The van der Waals surface area contributed by atoms with Gasteiger partial charge in [-0.25, -0.2) is 0 Å². The van der Waals surface area contributed by atoms with Gasteiger partial charge in [0.25, 0.3) is 0 Å². The van der Waals surface area contributed by atoms with Crippen LogP contribution in [0.3, 0.4) is 0 Å². The fourth-order valence-electron chi connectivity index (χ4n) is 5.28. The quantitative estimate of drug-likeness (QED) is 0.228. The number of fused-ring (bicyclic) bond motifs is 1. The molecule has 2 heterocycles. The largest absolute Gasteiger partial charge is 0.508 e. The Morgan fingerprint density at radius 3 is 2.27 bits per heavy atom. The summed E-state index contributed by atoms with van der Waals surface area (Å²) >= 11 is 0. The number of halogens is 1. The van der Waals surface area contributed by atoms with Crippen LogP contribution in [0, 0.1) is 0 Å². The van der Waals surface area contributed by atoms with Crippen molar-refractivity contribution in [2.24, 2.45) is 0 Å². The number of likely N-dealkylation sites (tertiary alicyclic amines) is 1. The summed E-state index contributed by atoms with van der Waals surface area (Å²) in [5, 5.41) is 20.7.